The monoisotopic (exact) mass is 365 g/mol. The van der Waals surface area contributed by atoms with Crippen molar-refractivity contribution in [1.82, 2.24) is 19.4 Å². The van der Waals surface area contributed by atoms with E-state index in [9.17, 15) is 8.42 Å². The standard InChI is InChI=1S/C16H23N5O3S/c1-4-21(25(3,22)23)14-6-9-20(10-7-14)15-11-13(5-8-17-15)16-18-12(2)19-24-16/h5,8,11,14H,4,6-7,9-10H2,1-3H3. The van der Waals surface area contributed by atoms with Crippen LogP contribution in [0.15, 0.2) is 22.9 Å². The number of piperidine rings is 1. The van der Waals surface area contributed by atoms with Crippen LogP contribution in [0.5, 0.6) is 0 Å². The highest BCUT2D eigenvalue weighted by molar-refractivity contribution is 7.88. The van der Waals surface area contributed by atoms with Crippen molar-refractivity contribution in [1.29, 1.82) is 0 Å². The van der Waals surface area contributed by atoms with Crippen LogP contribution in [0.1, 0.15) is 25.6 Å². The van der Waals surface area contributed by atoms with Crippen LogP contribution in [0.4, 0.5) is 5.82 Å². The molecule has 25 heavy (non-hydrogen) atoms. The lowest BCUT2D eigenvalue weighted by atomic mass is 10.0. The van der Waals surface area contributed by atoms with E-state index in [0.29, 0.717) is 18.3 Å². The Bertz CT molecular complexity index is 828. The van der Waals surface area contributed by atoms with Gasteiger partial charge in [0.25, 0.3) is 5.89 Å². The highest BCUT2D eigenvalue weighted by atomic mass is 32.2. The Morgan fingerprint density at radius 3 is 2.64 bits per heavy atom. The van der Waals surface area contributed by atoms with Crippen LogP contribution in [0.2, 0.25) is 0 Å². The normalized spacial score (nSPS) is 16.6. The van der Waals surface area contributed by atoms with E-state index in [1.54, 1.807) is 17.4 Å². The van der Waals surface area contributed by atoms with Gasteiger partial charge in [-0.2, -0.15) is 9.29 Å². The third-order valence-electron chi connectivity index (χ3n) is 4.45. The smallest absolute Gasteiger partial charge is 0.258 e. The highest BCUT2D eigenvalue weighted by Crippen LogP contribution is 2.25. The molecule has 0 spiro atoms. The number of hydrogen-bond donors (Lipinski definition) is 0. The SMILES string of the molecule is CCN(C1CCN(c2cc(-c3nc(C)no3)ccn2)CC1)S(C)(=O)=O. The molecular weight excluding hydrogens is 342 g/mol. The molecule has 0 aliphatic carbocycles. The number of sulfonamides is 1. The maximum atomic E-state index is 11.9. The Labute approximate surface area is 147 Å². The Hall–Kier alpha value is -2.00. The molecule has 0 radical (unpaired) electrons. The van der Waals surface area contributed by atoms with Crippen LogP contribution >= 0.6 is 0 Å². The van der Waals surface area contributed by atoms with Gasteiger partial charge in [0.1, 0.15) is 5.82 Å². The van der Waals surface area contributed by atoms with Crippen molar-refractivity contribution < 1.29 is 12.9 Å². The second-order valence-corrected chi connectivity index (χ2v) is 8.17. The number of aromatic nitrogens is 3. The molecule has 8 nitrogen and oxygen atoms in total. The molecule has 9 heteroatoms. The van der Waals surface area contributed by atoms with E-state index < -0.39 is 10.0 Å². The van der Waals surface area contributed by atoms with Gasteiger partial charge < -0.3 is 9.42 Å². The second-order valence-electron chi connectivity index (χ2n) is 6.23. The Kier molecular flexibility index (Phi) is 5.05. The van der Waals surface area contributed by atoms with E-state index in [2.05, 4.69) is 20.0 Å². The number of anilines is 1. The molecule has 2 aromatic rings. The summed E-state index contributed by atoms with van der Waals surface area (Å²) in [6.45, 7) is 5.69. The highest BCUT2D eigenvalue weighted by Gasteiger charge is 2.29. The van der Waals surface area contributed by atoms with Crippen LogP contribution < -0.4 is 4.90 Å². The van der Waals surface area contributed by atoms with Gasteiger partial charge in [-0.3, -0.25) is 0 Å². The molecule has 0 amide bonds. The molecule has 0 atom stereocenters. The first-order valence-corrected chi connectivity index (χ1v) is 10.2. The fourth-order valence-electron chi connectivity index (χ4n) is 3.29. The van der Waals surface area contributed by atoms with Gasteiger partial charge in [0, 0.05) is 37.4 Å². The summed E-state index contributed by atoms with van der Waals surface area (Å²) in [6, 6.07) is 3.82. The lowest BCUT2D eigenvalue weighted by Gasteiger charge is -2.37. The molecule has 0 saturated carbocycles. The molecule has 0 aromatic carbocycles. The average Bonchev–Trinajstić information content (AvgIpc) is 3.02. The lowest BCUT2D eigenvalue weighted by molar-refractivity contribution is 0.285. The molecule has 3 rings (SSSR count). The van der Waals surface area contributed by atoms with Gasteiger partial charge >= 0.3 is 0 Å². The summed E-state index contributed by atoms with van der Waals surface area (Å²) in [5.41, 5.74) is 0.832. The fraction of sp³-hybridized carbons (Fsp3) is 0.562. The zero-order chi connectivity index (χ0) is 18.0. The summed E-state index contributed by atoms with van der Waals surface area (Å²) in [4.78, 5) is 10.8. The van der Waals surface area contributed by atoms with E-state index in [4.69, 9.17) is 4.52 Å². The molecule has 2 aromatic heterocycles. The van der Waals surface area contributed by atoms with Gasteiger partial charge in [0.2, 0.25) is 10.0 Å². The van der Waals surface area contributed by atoms with E-state index in [1.807, 2.05) is 19.1 Å². The largest absolute Gasteiger partial charge is 0.356 e. The molecule has 1 aliphatic rings. The molecular formula is C16H23N5O3S. The minimum atomic E-state index is -3.17. The Morgan fingerprint density at radius 1 is 1.36 bits per heavy atom. The van der Waals surface area contributed by atoms with Crippen LogP contribution in [-0.2, 0) is 10.0 Å². The lowest BCUT2D eigenvalue weighted by Crippen LogP contribution is -2.47. The van der Waals surface area contributed by atoms with Crippen LogP contribution in [0, 0.1) is 6.92 Å². The van der Waals surface area contributed by atoms with Gasteiger partial charge in [-0.25, -0.2) is 13.4 Å². The topological polar surface area (TPSA) is 92.4 Å². The maximum absolute atomic E-state index is 11.9. The number of pyridine rings is 1. The number of hydrogen-bond acceptors (Lipinski definition) is 7. The van der Waals surface area contributed by atoms with Gasteiger partial charge in [0.05, 0.1) is 6.26 Å². The Balaban J connectivity index is 1.71. The summed E-state index contributed by atoms with van der Waals surface area (Å²) < 4.78 is 30.6. The van der Waals surface area contributed by atoms with Crippen LogP contribution in [-0.4, -0.2) is 59.8 Å². The van der Waals surface area contributed by atoms with Crippen LogP contribution in [0.3, 0.4) is 0 Å². The quantitative estimate of drug-likeness (QED) is 0.796. The van der Waals surface area contributed by atoms with E-state index in [1.165, 1.54) is 6.26 Å². The third-order valence-corrected chi connectivity index (χ3v) is 5.86. The molecule has 0 bridgehead atoms. The molecule has 0 unspecified atom stereocenters. The first kappa shape index (κ1) is 17.8. The fourth-order valence-corrected chi connectivity index (χ4v) is 4.51. The first-order chi connectivity index (χ1) is 11.9. The number of aryl methyl sites for hydroxylation is 1. The van der Waals surface area contributed by atoms with Crippen molar-refractivity contribution in [3.05, 3.63) is 24.2 Å². The van der Waals surface area contributed by atoms with Crippen molar-refractivity contribution in [3.63, 3.8) is 0 Å². The molecule has 1 saturated heterocycles. The van der Waals surface area contributed by atoms with Gasteiger partial charge in [-0.1, -0.05) is 12.1 Å². The molecule has 1 aliphatic heterocycles. The molecule has 3 heterocycles. The number of nitrogens with zero attached hydrogens (tertiary/aromatic N) is 5. The summed E-state index contributed by atoms with van der Waals surface area (Å²) >= 11 is 0. The predicted octanol–water partition coefficient (Wildman–Crippen LogP) is 1.69. The van der Waals surface area contributed by atoms with Gasteiger partial charge in [-0.05, 0) is 31.9 Å². The summed E-state index contributed by atoms with van der Waals surface area (Å²) in [5, 5.41) is 3.81. The van der Waals surface area contributed by atoms with Gasteiger partial charge in [-0.15, -0.1) is 0 Å². The predicted molar refractivity (Wildman–Crippen MR) is 94.7 cm³/mol. The van der Waals surface area contributed by atoms with Crippen molar-refractivity contribution >= 4 is 15.8 Å². The summed E-state index contributed by atoms with van der Waals surface area (Å²) in [5.74, 6) is 1.91. The first-order valence-electron chi connectivity index (χ1n) is 8.37. The summed E-state index contributed by atoms with van der Waals surface area (Å²) in [7, 11) is -3.17. The molecule has 136 valence electrons. The van der Waals surface area contributed by atoms with Crippen molar-refractivity contribution in [2.45, 2.75) is 32.7 Å². The zero-order valence-electron chi connectivity index (χ0n) is 14.7. The van der Waals surface area contributed by atoms with E-state index in [0.717, 1.165) is 37.3 Å². The van der Waals surface area contributed by atoms with E-state index in [-0.39, 0.29) is 6.04 Å². The zero-order valence-corrected chi connectivity index (χ0v) is 15.5. The van der Waals surface area contributed by atoms with Crippen molar-refractivity contribution in [3.8, 4) is 11.5 Å². The second kappa shape index (κ2) is 7.09. The van der Waals surface area contributed by atoms with Crippen molar-refractivity contribution in [2.75, 3.05) is 30.8 Å². The minimum Gasteiger partial charge on any atom is -0.356 e. The van der Waals surface area contributed by atoms with Crippen molar-refractivity contribution in [2.24, 2.45) is 0 Å². The number of rotatable bonds is 5. The molecule has 1 fully saturated rings. The average molecular weight is 365 g/mol. The third kappa shape index (κ3) is 3.98. The molecule has 0 N–H and O–H groups in total. The Morgan fingerprint density at radius 2 is 2.08 bits per heavy atom. The van der Waals surface area contributed by atoms with Crippen LogP contribution in [0.25, 0.3) is 11.5 Å². The maximum Gasteiger partial charge on any atom is 0.258 e. The van der Waals surface area contributed by atoms with E-state index >= 15 is 0 Å². The van der Waals surface area contributed by atoms with Gasteiger partial charge in [0.15, 0.2) is 5.82 Å². The minimum absolute atomic E-state index is 0.0537. The summed E-state index contributed by atoms with van der Waals surface area (Å²) in [6.07, 6.45) is 4.57.